The molecule has 7 heteroatoms. The number of aryl methyl sites for hydroxylation is 1. The summed E-state index contributed by atoms with van der Waals surface area (Å²) in [5, 5.41) is 19.1. The molecule has 39 heavy (non-hydrogen) atoms. The number of nitrogens with one attached hydrogen (secondary N) is 2. The van der Waals surface area contributed by atoms with Crippen LogP contribution in [0.5, 0.6) is 0 Å². The average Bonchev–Trinajstić information content (AvgIpc) is 3.58. The van der Waals surface area contributed by atoms with Crippen LogP contribution >= 0.6 is 0 Å². The summed E-state index contributed by atoms with van der Waals surface area (Å²) in [5.41, 5.74) is 5.10. The van der Waals surface area contributed by atoms with Gasteiger partial charge in [0, 0.05) is 0 Å². The van der Waals surface area contributed by atoms with Crippen LogP contribution in [-0.2, 0) is 17.6 Å². The zero-order chi connectivity index (χ0) is 27.2. The molecule has 1 fully saturated rings. The number of anilines is 1. The molecule has 204 valence electrons. The molecule has 4 atom stereocenters. The molecule has 0 saturated carbocycles. The fraction of sp³-hybridized carbons (Fsp3) is 0.375. The van der Waals surface area contributed by atoms with E-state index in [9.17, 15) is 14.7 Å². The Morgan fingerprint density at radius 2 is 1.87 bits per heavy atom. The van der Waals surface area contributed by atoms with Gasteiger partial charge < -0.3 is 0 Å². The molecular formula is C32H38AsN3O3. The standard InChI is InChI=1S/C32H38AsN3O3/c1-2-33-25-18-24(19-26(20-25)36-16-8-13-31(36)38)32(39)35-29(17-22-9-4-3-5-10-22)30(37)21-34-28-15-14-23-11-6-7-12-27(23)28/h3-7,9-12,18-20,28-30,33-34,37H,2,8,13-17,21H2,1H3,(H,35,39)/t28-,29+,30-/m1/s1. The Bertz CT molecular complexity index is 1300. The second-order valence-corrected chi connectivity index (χ2v) is 13.9. The minimum absolute atomic E-state index is 0.118. The van der Waals surface area contributed by atoms with Crippen molar-refractivity contribution in [1.82, 2.24) is 10.6 Å². The second-order valence-electron chi connectivity index (χ2n) is 10.5. The first-order valence-electron chi connectivity index (χ1n) is 14.0. The van der Waals surface area contributed by atoms with E-state index >= 15 is 0 Å². The van der Waals surface area contributed by atoms with Gasteiger partial charge in [0.05, 0.1) is 0 Å². The fourth-order valence-corrected chi connectivity index (χ4v) is 7.62. The number of aliphatic hydroxyl groups is 1. The van der Waals surface area contributed by atoms with Crippen molar-refractivity contribution < 1.29 is 14.7 Å². The van der Waals surface area contributed by atoms with E-state index in [0.29, 0.717) is 31.5 Å². The number of hydrogen-bond acceptors (Lipinski definition) is 4. The molecule has 1 heterocycles. The van der Waals surface area contributed by atoms with E-state index < -0.39 is 27.9 Å². The van der Waals surface area contributed by atoms with Crippen LogP contribution in [0.1, 0.15) is 59.3 Å². The third kappa shape index (κ3) is 6.81. The Morgan fingerprint density at radius 1 is 1.08 bits per heavy atom. The second kappa shape index (κ2) is 13.0. The fourth-order valence-electron chi connectivity index (χ4n) is 5.70. The van der Waals surface area contributed by atoms with E-state index in [0.717, 1.165) is 35.7 Å². The normalized spacial score (nSPS) is 18.5. The Kier molecular flexibility index (Phi) is 9.18. The summed E-state index contributed by atoms with van der Waals surface area (Å²) in [4.78, 5) is 27.9. The Balaban J connectivity index is 1.33. The molecule has 2 amide bonds. The van der Waals surface area contributed by atoms with E-state index in [2.05, 4.69) is 47.9 Å². The van der Waals surface area contributed by atoms with Crippen LogP contribution < -0.4 is 19.9 Å². The first kappa shape index (κ1) is 27.6. The van der Waals surface area contributed by atoms with Gasteiger partial charge in [0.1, 0.15) is 0 Å². The maximum atomic E-state index is 13.6. The summed E-state index contributed by atoms with van der Waals surface area (Å²) in [6.45, 7) is 3.24. The van der Waals surface area contributed by atoms with Gasteiger partial charge in [-0.3, -0.25) is 0 Å². The molecule has 2 aliphatic rings. The summed E-state index contributed by atoms with van der Waals surface area (Å²) in [6.07, 6.45) is 3.20. The average molecular weight is 588 g/mol. The van der Waals surface area contributed by atoms with Crippen LogP contribution in [-0.4, -0.2) is 57.9 Å². The van der Waals surface area contributed by atoms with Crippen molar-refractivity contribution in [3.8, 4) is 0 Å². The van der Waals surface area contributed by atoms with Crippen molar-refractivity contribution in [3.63, 3.8) is 0 Å². The van der Waals surface area contributed by atoms with E-state index in [-0.39, 0.29) is 17.9 Å². The summed E-state index contributed by atoms with van der Waals surface area (Å²) < 4.78 is 1.17. The molecule has 3 aromatic carbocycles. The zero-order valence-corrected chi connectivity index (χ0v) is 24.6. The number of carbonyl (C=O) groups excluding carboxylic acids is 2. The van der Waals surface area contributed by atoms with Gasteiger partial charge in [-0.05, 0) is 0 Å². The summed E-state index contributed by atoms with van der Waals surface area (Å²) in [5.74, 6) is -0.0921. The van der Waals surface area contributed by atoms with Gasteiger partial charge in [-0.15, -0.1) is 0 Å². The molecule has 3 N–H and O–H groups in total. The topological polar surface area (TPSA) is 81.7 Å². The van der Waals surface area contributed by atoms with Crippen molar-refractivity contribution in [2.75, 3.05) is 18.0 Å². The molecule has 5 rings (SSSR count). The van der Waals surface area contributed by atoms with Gasteiger partial charge in [0.2, 0.25) is 0 Å². The van der Waals surface area contributed by atoms with E-state index in [4.69, 9.17) is 0 Å². The first-order valence-corrected chi connectivity index (χ1v) is 16.6. The van der Waals surface area contributed by atoms with Crippen LogP contribution in [0, 0.1) is 0 Å². The monoisotopic (exact) mass is 587 g/mol. The Labute approximate surface area is 237 Å². The van der Waals surface area contributed by atoms with Gasteiger partial charge in [-0.1, -0.05) is 18.2 Å². The molecule has 1 aliphatic carbocycles. The maximum absolute atomic E-state index is 13.6. The summed E-state index contributed by atoms with van der Waals surface area (Å²) >= 11 is -0.391. The van der Waals surface area contributed by atoms with Gasteiger partial charge in [0.25, 0.3) is 0 Å². The predicted molar refractivity (Wildman–Crippen MR) is 158 cm³/mol. The Hall–Kier alpha value is -2.92. The number of hydrogen-bond donors (Lipinski definition) is 3. The van der Waals surface area contributed by atoms with Crippen molar-refractivity contribution in [1.29, 1.82) is 0 Å². The molecule has 1 unspecified atom stereocenters. The molecule has 0 bridgehead atoms. The predicted octanol–water partition coefficient (Wildman–Crippen LogP) is 3.29. The number of amides is 2. The molecule has 0 spiro atoms. The van der Waals surface area contributed by atoms with Gasteiger partial charge >= 0.3 is 220 Å². The molecular weight excluding hydrogens is 549 g/mol. The van der Waals surface area contributed by atoms with Crippen LogP contribution in [0.15, 0.2) is 72.8 Å². The van der Waals surface area contributed by atoms with Crippen molar-refractivity contribution >= 4 is 37.6 Å². The number of carbonyl (C=O) groups is 2. The van der Waals surface area contributed by atoms with E-state index in [1.165, 1.54) is 15.5 Å². The molecule has 6 nitrogen and oxygen atoms in total. The quantitative estimate of drug-likeness (QED) is 0.301. The minimum atomic E-state index is -0.770. The van der Waals surface area contributed by atoms with Crippen LogP contribution in [0.25, 0.3) is 0 Å². The summed E-state index contributed by atoms with van der Waals surface area (Å²) in [6, 6.07) is 24.1. The third-order valence-corrected chi connectivity index (χ3v) is 9.94. The zero-order valence-electron chi connectivity index (χ0n) is 22.5. The number of nitrogens with zero attached hydrogens (tertiary/aromatic N) is 1. The molecule has 1 aliphatic heterocycles. The van der Waals surface area contributed by atoms with Crippen LogP contribution in [0.3, 0.4) is 0 Å². The van der Waals surface area contributed by atoms with Gasteiger partial charge in [-0.25, -0.2) is 0 Å². The SMILES string of the molecule is CC[AsH]c1cc(C(=O)N[C@@H](Cc2ccccc2)[C@H](O)CN[C@@H]2CCc3ccccc32)cc(N2CCCC2=O)c1. The van der Waals surface area contributed by atoms with E-state index in [1.807, 2.05) is 47.4 Å². The number of rotatable bonds is 11. The first-order chi connectivity index (χ1) is 19.0. The number of aliphatic hydroxyl groups excluding tert-OH is 1. The molecule has 0 radical (unpaired) electrons. The van der Waals surface area contributed by atoms with Crippen molar-refractivity contribution in [2.45, 2.75) is 62.4 Å². The van der Waals surface area contributed by atoms with Gasteiger partial charge in [0.15, 0.2) is 0 Å². The molecule has 0 aromatic heterocycles. The molecule has 1 saturated heterocycles. The summed E-state index contributed by atoms with van der Waals surface area (Å²) in [7, 11) is 0. The molecule has 3 aromatic rings. The van der Waals surface area contributed by atoms with Gasteiger partial charge in [-0.2, -0.15) is 0 Å². The van der Waals surface area contributed by atoms with Crippen molar-refractivity contribution in [2.24, 2.45) is 0 Å². The van der Waals surface area contributed by atoms with Crippen LogP contribution in [0.2, 0.25) is 5.21 Å². The number of fused-ring (bicyclic) bond motifs is 1. The number of benzene rings is 3. The van der Waals surface area contributed by atoms with Crippen LogP contribution in [0.4, 0.5) is 5.69 Å². The van der Waals surface area contributed by atoms with E-state index in [1.54, 1.807) is 0 Å². The third-order valence-electron chi connectivity index (χ3n) is 7.73. The van der Waals surface area contributed by atoms with Crippen molar-refractivity contribution in [3.05, 3.63) is 95.1 Å². The Morgan fingerprint density at radius 3 is 2.64 bits per heavy atom.